The van der Waals surface area contributed by atoms with E-state index in [1.54, 1.807) is 19.3 Å². The third-order valence-electron chi connectivity index (χ3n) is 3.71. The van der Waals surface area contributed by atoms with Crippen LogP contribution in [0.15, 0.2) is 40.1 Å². The maximum absolute atomic E-state index is 12.7. The standard InChI is InChI=1S/C17H17N3O2/c1-9-4-13(11(3)18)17-14(5-9)15(21)10(2)16(22-17)12-6-19-8-20-7-12/h4-8,11H,18H2,1-3H3/t11-/m1/s1. The van der Waals surface area contributed by atoms with E-state index in [-0.39, 0.29) is 11.5 Å². The maximum Gasteiger partial charge on any atom is 0.196 e. The fourth-order valence-corrected chi connectivity index (χ4v) is 2.60. The molecule has 2 aromatic heterocycles. The molecule has 0 aliphatic heterocycles. The largest absolute Gasteiger partial charge is 0.455 e. The van der Waals surface area contributed by atoms with Crippen LogP contribution in [0.4, 0.5) is 0 Å². The van der Waals surface area contributed by atoms with Gasteiger partial charge in [0.05, 0.1) is 10.9 Å². The van der Waals surface area contributed by atoms with Gasteiger partial charge in [-0.05, 0) is 32.4 Å². The van der Waals surface area contributed by atoms with Crippen LogP contribution in [-0.4, -0.2) is 9.97 Å². The van der Waals surface area contributed by atoms with Crippen molar-refractivity contribution >= 4 is 11.0 Å². The van der Waals surface area contributed by atoms with Crippen molar-refractivity contribution in [2.45, 2.75) is 26.8 Å². The van der Waals surface area contributed by atoms with Crippen molar-refractivity contribution in [3.63, 3.8) is 0 Å². The molecular formula is C17H17N3O2. The van der Waals surface area contributed by atoms with Crippen LogP contribution in [-0.2, 0) is 0 Å². The van der Waals surface area contributed by atoms with E-state index in [1.165, 1.54) is 6.33 Å². The number of aromatic nitrogens is 2. The normalized spacial score (nSPS) is 12.5. The molecule has 0 spiro atoms. The Balaban J connectivity index is 2.43. The lowest BCUT2D eigenvalue weighted by atomic mass is 10.00. The van der Waals surface area contributed by atoms with Crippen LogP contribution < -0.4 is 11.2 Å². The highest BCUT2D eigenvalue weighted by Gasteiger charge is 2.17. The van der Waals surface area contributed by atoms with E-state index in [2.05, 4.69) is 9.97 Å². The summed E-state index contributed by atoms with van der Waals surface area (Å²) in [6.07, 6.45) is 4.70. The Bertz CT molecular complexity index is 899. The third-order valence-corrected chi connectivity index (χ3v) is 3.71. The molecular weight excluding hydrogens is 278 g/mol. The van der Waals surface area contributed by atoms with Gasteiger partial charge in [-0.15, -0.1) is 0 Å². The average Bonchev–Trinajstić information content (AvgIpc) is 2.51. The second-order valence-corrected chi connectivity index (χ2v) is 5.53. The maximum atomic E-state index is 12.7. The number of nitrogens with two attached hydrogens (primary N) is 1. The van der Waals surface area contributed by atoms with Gasteiger partial charge in [0.1, 0.15) is 17.7 Å². The summed E-state index contributed by atoms with van der Waals surface area (Å²) in [5.41, 5.74) is 9.56. The van der Waals surface area contributed by atoms with Crippen LogP contribution in [0.2, 0.25) is 0 Å². The predicted octanol–water partition coefficient (Wildman–Crippen LogP) is 2.89. The van der Waals surface area contributed by atoms with Gasteiger partial charge in [0.25, 0.3) is 0 Å². The van der Waals surface area contributed by atoms with E-state index < -0.39 is 0 Å². The number of hydrogen-bond donors (Lipinski definition) is 1. The first kappa shape index (κ1) is 14.4. The van der Waals surface area contributed by atoms with Crippen LogP contribution in [0.5, 0.6) is 0 Å². The summed E-state index contributed by atoms with van der Waals surface area (Å²) in [7, 11) is 0. The quantitative estimate of drug-likeness (QED) is 0.786. The smallest absolute Gasteiger partial charge is 0.196 e. The Hall–Kier alpha value is -2.53. The fraction of sp³-hybridized carbons (Fsp3) is 0.235. The minimum atomic E-state index is -0.229. The first-order valence-corrected chi connectivity index (χ1v) is 7.08. The molecule has 1 atom stereocenters. The zero-order valence-corrected chi connectivity index (χ0v) is 12.8. The molecule has 0 saturated heterocycles. The van der Waals surface area contributed by atoms with Crippen LogP contribution in [0.1, 0.15) is 29.7 Å². The zero-order chi connectivity index (χ0) is 15.9. The van der Waals surface area contributed by atoms with Crippen molar-refractivity contribution in [1.82, 2.24) is 9.97 Å². The zero-order valence-electron chi connectivity index (χ0n) is 12.8. The number of fused-ring (bicyclic) bond motifs is 1. The van der Waals surface area contributed by atoms with Crippen LogP contribution >= 0.6 is 0 Å². The van der Waals surface area contributed by atoms with Crippen molar-refractivity contribution in [3.8, 4) is 11.3 Å². The van der Waals surface area contributed by atoms with Crippen molar-refractivity contribution in [2.75, 3.05) is 0 Å². The molecule has 1 aromatic carbocycles. The molecule has 2 heterocycles. The highest BCUT2D eigenvalue weighted by Crippen LogP contribution is 2.29. The molecule has 0 unspecified atom stereocenters. The van der Waals surface area contributed by atoms with Gasteiger partial charge in [-0.1, -0.05) is 6.07 Å². The summed E-state index contributed by atoms with van der Waals surface area (Å²) < 4.78 is 6.05. The van der Waals surface area contributed by atoms with E-state index in [0.717, 1.165) is 11.1 Å². The number of hydrogen-bond acceptors (Lipinski definition) is 5. The Morgan fingerprint density at radius 1 is 1.18 bits per heavy atom. The number of benzene rings is 1. The third kappa shape index (κ3) is 2.29. The molecule has 112 valence electrons. The highest BCUT2D eigenvalue weighted by molar-refractivity contribution is 5.84. The van der Waals surface area contributed by atoms with Crippen molar-refractivity contribution in [3.05, 3.63) is 57.8 Å². The Kier molecular flexibility index (Phi) is 3.50. The topological polar surface area (TPSA) is 82.0 Å². The lowest BCUT2D eigenvalue weighted by Gasteiger charge is -2.13. The predicted molar refractivity (Wildman–Crippen MR) is 85.6 cm³/mol. The van der Waals surface area contributed by atoms with Crippen molar-refractivity contribution < 1.29 is 4.42 Å². The molecule has 0 fully saturated rings. The summed E-state index contributed by atoms with van der Waals surface area (Å²) in [6, 6.07) is 3.56. The highest BCUT2D eigenvalue weighted by atomic mass is 16.3. The molecule has 3 rings (SSSR count). The van der Waals surface area contributed by atoms with Gasteiger partial charge in [-0.2, -0.15) is 0 Å². The average molecular weight is 295 g/mol. The Morgan fingerprint density at radius 3 is 2.50 bits per heavy atom. The number of aryl methyl sites for hydroxylation is 1. The van der Waals surface area contributed by atoms with E-state index in [0.29, 0.717) is 27.9 Å². The van der Waals surface area contributed by atoms with E-state index in [9.17, 15) is 4.79 Å². The van der Waals surface area contributed by atoms with E-state index >= 15 is 0 Å². The van der Waals surface area contributed by atoms with Crippen molar-refractivity contribution in [1.29, 1.82) is 0 Å². The van der Waals surface area contributed by atoms with Crippen LogP contribution in [0.25, 0.3) is 22.3 Å². The first-order chi connectivity index (χ1) is 10.5. The second kappa shape index (κ2) is 5.35. The van der Waals surface area contributed by atoms with Gasteiger partial charge in [-0.3, -0.25) is 4.79 Å². The minimum Gasteiger partial charge on any atom is -0.455 e. The molecule has 0 saturated carbocycles. The Morgan fingerprint density at radius 2 is 1.86 bits per heavy atom. The van der Waals surface area contributed by atoms with Crippen LogP contribution in [0, 0.1) is 13.8 Å². The summed E-state index contributed by atoms with van der Waals surface area (Å²) >= 11 is 0. The first-order valence-electron chi connectivity index (χ1n) is 7.08. The molecule has 0 amide bonds. The van der Waals surface area contributed by atoms with E-state index in [1.807, 2.05) is 26.0 Å². The molecule has 0 aliphatic rings. The molecule has 0 radical (unpaired) electrons. The van der Waals surface area contributed by atoms with Crippen molar-refractivity contribution in [2.24, 2.45) is 5.73 Å². The SMILES string of the molecule is Cc1cc([C@@H](C)N)c2oc(-c3cncnc3)c(C)c(=O)c2c1. The molecule has 2 N–H and O–H groups in total. The summed E-state index contributed by atoms with van der Waals surface area (Å²) in [5, 5.41) is 0.561. The monoisotopic (exact) mass is 295 g/mol. The summed E-state index contributed by atoms with van der Waals surface area (Å²) in [5.74, 6) is 0.490. The van der Waals surface area contributed by atoms with Gasteiger partial charge in [-0.25, -0.2) is 9.97 Å². The molecule has 5 heteroatoms. The van der Waals surface area contributed by atoms with Gasteiger partial charge in [0.15, 0.2) is 5.43 Å². The van der Waals surface area contributed by atoms with Gasteiger partial charge in [0.2, 0.25) is 0 Å². The molecule has 0 aliphatic carbocycles. The summed E-state index contributed by atoms with van der Waals surface area (Å²) in [6.45, 7) is 5.57. The second-order valence-electron chi connectivity index (χ2n) is 5.53. The molecule has 3 aromatic rings. The number of rotatable bonds is 2. The molecule has 22 heavy (non-hydrogen) atoms. The van der Waals surface area contributed by atoms with Gasteiger partial charge >= 0.3 is 0 Å². The minimum absolute atomic E-state index is 0.0503. The summed E-state index contributed by atoms with van der Waals surface area (Å²) in [4.78, 5) is 20.7. The fourth-order valence-electron chi connectivity index (χ4n) is 2.60. The molecule has 0 bridgehead atoms. The molecule has 5 nitrogen and oxygen atoms in total. The van der Waals surface area contributed by atoms with Crippen LogP contribution in [0.3, 0.4) is 0 Å². The van der Waals surface area contributed by atoms with E-state index in [4.69, 9.17) is 10.2 Å². The van der Waals surface area contributed by atoms with Gasteiger partial charge < -0.3 is 10.2 Å². The lowest BCUT2D eigenvalue weighted by molar-refractivity contribution is 0.602. The van der Waals surface area contributed by atoms with Gasteiger partial charge in [0, 0.05) is 29.6 Å². The number of nitrogens with zero attached hydrogens (tertiary/aromatic N) is 2. The Labute approximate surface area is 127 Å². The lowest BCUT2D eigenvalue weighted by Crippen LogP contribution is -2.12.